The number of carbonyl (C=O) groups is 1. The number of hydrogen-bond acceptors (Lipinski definition) is 5. The van der Waals surface area contributed by atoms with Crippen LogP contribution in [0, 0.1) is 5.41 Å². The molecule has 2 fully saturated rings. The Morgan fingerprint density at radius 2 is 2.08 bits per heavy atom. The van der Waals surface area contributed by atoms with Gasteiger partial charge in [-0.25, -0.2) is 0 Å². The van der Waals surface area contributed by atoms with E-state index in [4.69, 9.17) is 0 Å². The quantitative estimate of drug-likeness (QED) is 0.769. The lowest BCUT2D eigenvalue weighted by atomic mass is 9.79. The molecule has 1 aromatic rings. The Bertz CT molecular complexity index is 757. The Labute approximate surface area is 148 Å². The Morgan fingerprint density at radius 1 is 1.27 bits per heavy atom. The first-order chi connectivity index (χ1) is 12.4. The highest BCUT2D eigenvalue weighted by molar-refractivity contribution is 5.73. The molecular weight excluding hydrogens is 347 g/mol. The van der Waals surface area contributed by atoms with Crippen molar-refractivity contribution < 1.29 is 18.0 Å². The van der Waals surface area contributed by atoms with Gasteiger partial charge >= 0.3 is 6.18 Å². The first kappa shape index (κ1) is 17.0. The molecule has 0 bridgehead atoms. The van der Waals surface area contributed by atoms with Crippen LogP contribution in [0.25, 0.3) is 0 Å². The van der Waals surface area contributed by atoms with Crippen LogP contribution < -0.4 is 4.90 Å². The standard InChI is InChI=1S/C17H18F3N5O/c18-17(19,20)14-8-13(2-5-21-14)25-10-16(11-25)3-7-23(9-16)15-22-4-1-6-24(15)12-26/h1-2,4-6,8,12,15H,3,7,9-11H2. The van der Waals surface area contributed by atoms with Gasteiger partial charge in [-0.15, -0.1) is 0 Å². The molecule has 0 aliphatic carbocycles. The molecule has 6 nitrogen and oxygen atoms in total. The number of halogens is 3. The number of amides is 1. The van der Waals surface area contributed by atoms with Crippen LogP contribution in [-0.2, 0) is 11.0 Å². The maximum absolute atomic E-state index is 12.8. The van der Waals surface area contributed by atoms with Crippen LogP contribution in [-0.4, -0.2) is 59.9 Å². The second-order valence-corrected chi connectivity index (χ2v) is 7.01. The van der Waals surface area contributed by atoms with Crippen molar-refractivity contribution in [1.29, 1.82) is 0 Å². The van der Waals surface area contributed by atoms with Gasteiger partial charge in [0.1, 0.15) is 5.69 Å². The van der Waals surface area contributed by atoms with E-state index in [0.717, 1.165) is 32.0 Å². The van der Waals surface area contributed by atoms with E-state index in [1.165, 1.54) is 11.1 Å². The first-order valence-corrected chi connectivity index (χ1v) is 8.35. The number of pyridine rings is 1. The molecule has 0 aromatic carbocycles. The van der Waals surface area contributed by atoms with Crippen LogP contribution in [0.3, 0.4) is 0 Å². The van der Waals surface area contributed by atoms with E-state index < -0.39 is 11.9 Å². The van der Waals surface area contributed by atoms with Gasteiger partial charge < -0.3 is 4.90 Å². The topological polar surface area (TPSA) is 52.0 Å². The van der Waals surface area contributed by atoms with Crippen molar-refractivity contribution in [2.75, 3.05) is 31.1 Å². The number of allylic oxidation sites excluding steroid dienone is 1. The fourth-order valence-corrected chi connectivity index (χ4v) is 3.93. The minimum Gasteiger partial charge on any atom is -0.370 e. The second kappa shape index (κ2) is 6.08. The van der Waals surface area contributed by atoms with Gasteiger partial charge in [0.25, 0.3) is 0 Å². The molecule has 9 heteroatoms. The number of likely N-dealkylation sites (tertiary alicyclic amines) is 1. The van der Waals surface area contributed by atoms with Gasteiger partial charge in [0.15, 0.2) is 6.29 Å². The molecule has 0 radical (unpaired) electrons. The number of hydrogen-bond donors (Lipinski definition) is 0. The molecule has 3 aliphatic heterocycles. The third kappa shape index (κ3) is 2.96. The van der Waals surface area contributed by atoms with Crippen molar-refractivity contribution in [2.24, 2.45) is 10.4 Å². The average Bonchev–Trinajstić information content (AvgIpc) is 3.05. The molecule has 26 heavy (non-hydrogen) atoms. The summed E-state index contributed by atoms with van der Waals surface area (Å²) < 4.78 is 38.5. The van der Waals surface area contributed by atoms with Crippen LogP contribution in [0.15, 0.2) is 35.6 Å². The summed E-state index contributed by atoms with van der Waals surface area (Å²) in [7, 11) is 0. The average molecular weight is 365 g/mol. The van der Waals surface area contributed by atoms with E-state index in [1.807, 2.05) is 4.90 Å². The lowest BCUT2D eigenvalue weighted by Gasteiger charge is -2.50. The summed E-state index contributed by atoms with van der Waals surface area (Å²) in [6.45, 7) is 2.95. The number of anilines is 1. The summed E-state index contributed by atoms with van der Waals surface area (Å²) in [4.78, 5) is 24.6. The number of aliphatic imine (C=N–C) groups is 1. The molecule has 3 aliphatic rings. The Kier molecular flexibility index (Phi) is 3.98. The predicted molar refractivity (Wildman–Crippen MR) is 89.4 cm³/mol. The minimum atomic E-state index is -4.44. The van der Waals surface area contributed by atoms with E-state index in [-0.39, 0.29) is 11.7 Å². The molecule has 0 saturated carbocycles. The van der Waals surface area contributed by atoms with Crippen molar-refractivity contribution in [3.8, 4) is 0 Å². The molecule has 0 N–H and O–H groups in total. The first-order valence-electron chi connectivity index (χ1n) is 8.35. The van der Waals surface area contributed by atoms with Crippen molar-refractivity contribution in [3.63, 3.8) is 0 Å². The van der Waals surface area contributed by atoms with Crippen LogP contribution in [0.2, 0.25) is 0 Å². The van der Waals surface area contributed by atoms with E-state index in [1.54, 1.807) is 24.6 Å². The zero-order chi connectivity index (χ0) is 18.4. The normalized spacial score (nSPS) is 25.0. The van der Waals surface area contributed by atoms with Crippen molar-refractivity contribution >= 4 is 18.3 Å². The third-order valence-electron chi connectivity index (χ3n) is 5.20. The summed E-state index contributed by atoms with van der Waals surface area (Å²) in [5.74, 6) is 0. The molecule has 1 unspecified atom stereocenters. The van der Waals surface area contributed by atoms with Crippen LogP contribution in [0.4, 0.5) is 18.9 Å². The minimum absolute atomic E-state index is 0.0346. The van der Waals surface area contributed by atoms with Gasteiger partial charge in [-0.1, -0.05) is 0 Å². The highest BCUT2D eigenvalue weighted by Crippen LogP contribution is 2.43. The smallest absolute Gasteiger partial charge is 0.370 e. The number of alkyl halides is 3. The Morgan fingerprint density at radius 3 is 2.81 bits per heavy atom. The van der Waals surface area contributed by atoms with Crippen molar-refractivity contribution in [3.05, 3.63) is 36.3 Å². The highest BCUT2D eigenvalue weighted by Gasteiger charge is 2.49. The molecule has 2 saturated heterocycles. The second-order valence-electron chi connectivity index (χ2n) is 7.01. The fraction of sp³-hybridized carbons (Fsp3) is 0.471. The summed E-state index contributed by atoms with van der Waals surface area (Å²) >= 11 is 0. The molecule has 1 atom stereocenters. The predicted octanol–water partition coefficient (Wildman–Crippen LogP) is 1.95. The SMILES string of the molecule is O=CN1C=CC=NC1N1CCC2(CN(c3ccnc(C(F)(F)F)c3)C2)C1. The van der Waals surface area contributed by atoms with Crippen molar-refractivity contribution in [2.45, 2.75) is 18.9 Å². The molecule has 4 rings (SSSR count). The van der Waals surface area contributed by atoms with Gasteiger partial charge in [0.2, 0.25) is 6.41 Å². The molecule has 4 heterocycles. The number of aromatic nitrogens is 1. The van der Waals surface area contributed by atoms with Crippen LogP contribution >= 0.6 is 0 Å². The van der Waals surface area contributed by atoms with Gasteiger partial charge in [0.05, 0.1) is 0 Å². The highest BCUT2D eigenvalue weighted by atomic mass is 19.4. The zero-order valence-electron chi connectivity index (χ0n) is 13.9. The Hall–Kier alpha value is -2.42. The van der Waals surface area contributed by atoms with Gasteiger partial charge in [-0.05, 0) is 24.6 Å². The fourth-order valence-electron chi connectivity index (χ4n) is 3.93. The van der Waals surface area contributed by atoms with Crippen LogP contribution in [0.5, 0.6) is 0 Å². The molecule has 1 spiro atoms. The summed E-state index contributed by atoms with van der Waals surface area (Å²) in [6.07, 6.45) is 3.21. The Balaban J connectivity index is 1.41. The van der Waals surface area contributed by atoms with Crippen LogP contribution in [0.1, 0.15) is 12.1 Å². The maximum Gasteiger partial charge on any atom is 0.433 e. The number of carbonyl (C=O) groups excluding carboxylic acids is 1. The van der Waals surface area contributed by atoms with Gasteiger partial charge in [-0.3, -0.25) is 24.6 Å². The lowest BCUT2D eigenvalue weighted by Crippen LogP contribution is -2.58. The van der Waals surface area contributed by atoms with E-state index in [2.05, 4.69) is 14.9 Å². The lowest BCUT2D eigenvalue weighted by molar-refractivity contribution is -0.141. The monoisotopic (exact) mass is 365 g/mol. The molecular formula is C17H18F3N5O. The summed E-state index contributed by atoms with van der Waals surface area (Å²) in [5, 5.41) is 0. The number of rotatable bonds is 3. The molecule has 1 amide bonds. The van der Waals surface area contributed by atoms with E-state index >= 15 is 0 Å². The van der Waals surface area contributed by atoms with Gasteiger partial charge in [0, 0.05) is 55.9 Å². The van der Waals surface area contributed by atoms with Crippen molar-refractivity contribution in [1.82, 2.24) is 14.8 Å². The number of nitrogens with zero attached hydrogens (tertiary/aromatic N) is 5. The van der Waals surface area contributed by atoms with Gasteiger partial charge in [-0.2, -0.15) is 13.2 Å². The maximum atomic E-state index is 12.8. The van der Waals surface area contributed by atoms with E-state index in [9.17, 15) is 18.0 Å². The molecule has 1 aromatic heterocycles. The third-order valence-corrected chi connectivity index (χ3v) is 5.20. The summed E-state index contributed by atoms with van der Waals surface area (Å²) in [6, 6.07) is 2.71. The largest absolute Gasteiger partial charge is 0.433 e. The molecule has 138 valence electrons. The van der Waals surface area contributed by atoms with E-state index in [0.29, 0.717) is 18.8 Å². The zero-order valence-corrected chi connectivity index (χ0v) is 13.9. The summed E-state index contributed by atoms with van der Waals surface area (Å²) in [5.41, 5.74) is -0.286.